The second kappa shape index (κ2) is 5.65. The van der Waals surface area contributed by atoms with Crippen LogP contribution < -0.4 is 5.73 Å². The predicted octanol–water partition coefficient (Wildman–Crippen LogP) is 2.50. The van der Waals surface area contributed by atoms with E-state index < -0.39 is 26.6 Å². The van der Waals surface area contributed by atoms with Gasteiger partial charge in [-0.2, -0.15) is 4.31 Å². The molecule has 1 aromatic carbocycles. The molecule has 1 saturated carbocycles. The Labute approximate surface area is 117 Å². The second-order valence-electron chi connectivity index (χ2n) is 4.96. The molecule has 7 heteroatoms. The molecular weight excluding hydrogens is 286 g/mol. The summed E-state index contributed by atoms with van der Waals surface area (Å²) in [4.78, 5) is -0.677. The molecule has 2 rings (SSSR count). The quantitative estimate of drug-likeness (QED) is 0.869. The summed E-state index contributed by atoms with van der Waals surface area (Å²) in [5.41, 5.74) is 5.32. The zero-order valence-corrected chi connectivity index (χ0v) is 12.1. The fraction of sp³-hybridized carbons (Fsp3) is 0.538. The molecule has 0 atom stereocenters. The van der Waals surface area contributed by atoms with E-state index in [1.54, 1.807) is 6.92 Å². The molecule has 0 bridgehead atoms. The monoisotopic (exact) mass is 304 g/mol. The van der Waals surface area contributed by atoms with E-state index in [1.165, 1.54) is 4.31 Å². The van der Waals surface area contributed by atoms with Gasteiger partial charge >= 0.3 is 0 Å². The molecule has 0 amide bonds. The van der Waals surface area contributed by atoms with Gasteiger partial charge in [-0.1, -0.05) is 19.8 Å². The van der Waals surface area contributed by atoms with Gasteiger partial charge < -0.3 is 5.73 Å². The van der Waals surface area contributed by atoms with Gasteiger partial charge in [-0.05, 0) is 25.0 Å². The number of nitrogens with zero attached hydrogens (tertiary/aromatic N) is 1. The Kier molecular flexibility index (Phi) is 4.29. The van der Waals surface area contributed by atoms with Gasteiger partial charge in [0.2, 0.25) is 10.0 Å². The van der Waals surface area contributed by atoms with Gasteiger partial charge in [0, 0.05) is 18.3 Å². The Hall–Kier alpha value is -1.21. The fourth-order valence-electron chi connectivity index (χ4n) is 2.71. The Balaban J connectivity index is 2.48. The van der Waals surface area contributed by atoms with Crippen LogP contribution in [0.25, 0.3) is 0 Å². The molecule has 0 saturated heterocycles. The van der Waals surface area contributed by atoms with Crippen molar-refractivity contribution in [3.8, 4) is 0 Å². The van der Waals surface area contributed by atoms with E-state index in [4.69, 9.17) is 5.73 Å². The van der Waals surface area contributed by atoms with Crippen LogP contribution in [0.2, 0.25) is 0 Å². The number of rotatable bonds is 4. The summed E-state index contributed by atoms with van der Waals surface area (Å²) < 4.78 is 53.5. The maximum absolute atomic E-state index is 13.8. The molecule has 0 aromatic heterocycles. The standard InChI is InChI=1S/C13H18F2N2O2S/c1-2-17(10-5-3-4-6-10)20(18,19)12-8-9(16)7-11(14)13(12)15/h7-8,10H,2-6,16H2,1H3. The molecule has 2 N–H and O–H groups in total. The molecule has 1 aliphatic carbocycles. The number of hydrogen-bond donors (Lipinski definition) is 1. The summed E-state index contributed by atoms with van der Waals surface area (Å²) in [5, 5.41) is 0. The molecule has 20 heavy (non-hydrogen) atoms. The van der Waals surface area contributed by atoms with Crippen molar-refractivity contribution >= 4 is 15.7 Å². The number of benzene rings is 1. The van der Waals surface area contributed by atoms with Crippen molar-refractivity contribution in [2.75, 3.05) is 12.3 Å². The third kappa shape index (κ3) is 2.64. The molecule has 0 heterocycles. The molecule has 1 aliphatic rings. The first-order chi connectivity index (χ1) is 9.37. The van der Waals surface area contributed by atoms with Crippen LogP contribution in [-0.2, 0) is 10.0 Å². The van der Waals surface area contributed by atoms with Gasteiger partial charge in [-0.15, -0.1) is 0 Å². The number of nitrogens with two attached hydrogens (primary N) is 1. The number of hydrogen-bond acceptors (Lipinski definition) is 3. The SMILES string of the molecule is CCN(C1CCCC1)S(=O)(=O)c1cc(N)cc(F)c1F. The fourth-order valence-corrected chi connectivity index (χ4v) is 4.52. The highest BCUT2D eigenvalue weighted by Crippen LogP contribution is 2.30. The van der Waals surface area contributed by atoms with Gasteiger partial charge in [0.15, 0.2) is 11.6 Å². The molecule has 0 unspecified atom stereocenters. The van der Waals surface area contributed by atoms with Crippen LogP contribution in [0.4, 0.5) is 14.5 Å². The maximum atomic E-state index is 13.8. The molecule has 0 spiro atoms. The van der Waals surface area contributed by atoms with Crippen LogP contribution in [0.3, 0.4) is 0 Å². The summed E-state index contributed by atoms with van der Waals surface area (Å²) in [7, 11) is -4.07. The van der Waals surface area contributed by atoms with Gasteiger partial charge in [0.05, 0.1) is 0 Å². The van der Waals surface area contributed by atoms with Crippen LogP contribution in [0.1, 0.15) is 32.6 Å². The summed E-state index contributed by atoms with van der Waals surface area (Å²) in [6.07, 6.45) is 3.40. The summed E-state index contributed by atoms with van der Waals surface area (Å²) in [6.45, 7) is 1.92. The molecule has 1 aromatic rings. The van der Waals surface area contributed by atoms with Gasteiger partial charge in [-0.25, -0.2) is 17.2 Å². The zero-order chi connectivity index (χ0) is 14.9. The summed E-state index contributed by atoms with van der Waals surface area (Å²) >= 11 is 0. The van der Waals surface area contributed by atoms with E-state index in [0.717, 1.165) is 37.8 Å². The second-order valence-corrected chi connectivity index (χ2v) is 6.82. The van der Waals surface area contributed by atoms with Crippen LogP contribution in [-0.4, -0.2) is 25.3 Å². The molecule has 0 aliphatic heterocycles. The van der Waals surface area contributed by atoms with Crippen LogP contribution in [0.15, 0.2) is 17.0 Å². The molecule has 4 nitrogen and oxygen atoms in total. The molecule has 112 valence electrons. The number of nitrogen functional groups attached to an aromatic ring is 1. The minimum Gasteiger partial charge on any atom is -0.399 e. The third-order valence-corrected chi connectivity index (χ3v) is 5.67. The van der Waals surface area contributed by atoms with Crippen molar-refractivity contribution in [3.63, 3.8) is 0 Å². The first-order valence-corrected chi connectivity index (χ1v) is 8.08. The highest BCUT2D eigenvalue weighted by atomic mass is 32.2. The highest BCUT2D eigenvalue weighted by Gasteiger charge is 2.34. The minimum absolute atomic E-state index is 0.107. The largest absolute Gasteiger partial charge is 0.399 e. The number of halogens is 2. The van der Waals surface area contributed by atoms with Crippen molar-refractivity contribution in [2.45, 2.75) is 43.5 Å². The number of sulfonamides is 1. The smallest absolute Gasteiger partial charge is 0.246 e. The zero-order valence-electron chi connectivity index (χ0n) is 11.3. The average molecular weight is 304 g/mol. The maximum Gasteiger partial charge on any atom is 0.246 e. The Morgan fingerprint density at radius 2 is 1.90 bits per heavy atom. The Morgan fingerprint density at radius 1 is 1.30 bits per heavy atom. The average Bonchev–Trinajstić information content (AvgIpc) is 2.87. The van der Waals surface area contributed by atoms with E-state index in [1.807, 2.05) is 0 Å². The number of anilines is 1. The van der Waals surface area contributed by atoms with Crippen molar-refractivity contribution < 1.29 is 17.2 Å². The summed E-state index contributed by atoms with van der Waals surface area (Å²) in [5.74, 6) is -2.61. The lowest BCUT2D eigenvalue weighted by molar-refractivity contribution is 0.333. The molecule has 0 radical (unpaired) electrons. The van der Waals surface area contributed by atoms with Crippen molar-refractivity contribution in [1.82, 2.24) is 4.31 Å². The molecular formula is C13H18F2N2O2S. The lowest BCUT2D eigenvalue weighted by atomic mass is 10.2. The van der Waals surface area contributed by atoms with E-state index in [0.29, 0.717) is 0 Å². The van der Waals surface area contributed by atoms with Crippen molar-refractivity contribution in [3.05, 3.63) is 23.8 Å². The van der Waals surface area contributed by atoms with Gasteiger partial charge in [0.1, 0.15) is 4.90 Å². The van der Waals surface area contributed by atoms with Crippen molar-refractivity contribution in [2.24, 2.45) is 0 Å². The van der Waals surface area contributed by atoms with E-state index in [-0.39, 0.29) is 18.3 Å². The minimum atomic E-state index is -4.07. The van der Waals surface area contributed by atoms with E-state index >= 15 is 0 Å². The Bertz CT molecular complexity index is 599. The van der Waals surface area contributed by atoms with Gasteiger partial charge in [-0.3, -0.25) is 0 Å². The first-order valence-electron chi connectivity index (χ1n) is 6.64. The van der Waals surface area contributed by atoms with Crippen molar-refractivity contribution in [1.29, 1.82) is 0 Å². The normalized spacial score (nSPS) is 17.0. The van der Waals surface area contributed by atoms with Crippen LogP contribution in [0, 0.1) is 11.6 Å². The van der Waals surface area contributed by atoms with Crippen LogP contribution in [0.5, 0.6) is 0 Å². The van der Waals surface area contributed by atoms with Crippen LogP contribution >= 0.6 is 0 Å². The highest BCUT2D eigenvalue weighted by molar-refractivity contribution is 7.89. The lowest BCUT2D eigenvalue weighted by Gasteiger charge is -2.27. The van der Waals surface area contributed by atoms with E-state index in [9.17, 15) is 17.2 Å². The first kappa shape index (κ1) is 15.2. The topological polar surface area (TPSA) is 63.4 Å². The summed E-state index contributed by atoms with van der Waals surface area (Å²) in [6, 6.07) is 1.61. The van der Waals surface area contributed by atoms with E-state index in [2.05, 4.69) is 0 Å². The predicted molar refractivity (Wildman–Crippen MR) is 72.6 cm³/mol. The molecule has 1 fully saturated rings. The lowest BCUT2D eigenvalue weighted by Crippen LogP contribution is -2.39. The van der Waals surface area contributed by atoms with Gasteiger partial charge in [0.25, 0.3) is 0 Å². The Morgan fingerprint density at radius 3 is 2.45 bits per heavy atom. The third-order valence-electron chi connectivity index (χ3n) is 3.65.